The highest BCUT2D eigenvalue weighted by molar-refractivity contribution is 5.86. The Balaban J connectivity index is 2.16. The minimum atomic E-state index is -0.125. The second-order valence-electron chi connectivity index (χ2n) is 3.96. The normalized spacial score (nSPS) is 21.5. The zero-order valence-corrected chi connectivity index (χ0v) is 8.86. The fraction of sp³-hybridized carbons (Fsp3) is 0.600. The fourth-order valence-corrected chi connectivity index (χ4v) is 1.91. The van der Waals surface area contributed by atoms with Gasteiger partial charge in [0.15, 0.2) is 0 Å². The van der Waals surface area contributed by atoms with Crippen molar-refractivity contribution in [3.63, 3.8) is 0 Å². The number of nitrogens with one attached hydrogen (secondary N) is 1. The average molecular weight is 208 g/mol. The second kappa shape index (κ2) is 4.02. The maximum Gasteiger partial charge on any atom is 0.265 e. The Morgan fingerprint density at radius 2 is 2.47 bits per heavy atom. The number of carbonyl (C=O) groups is 1. The van der Waals surface area contributed by atoms with E-state index in [1.54, 1.807) is 6.07 Å². The Hall–Kier alpha value is -1.36. The van der Waals surface area contributed by atoms with Crippen molar-refractivity contribution in [2.45, 2.75) is 32.2 Å². The highest BCUT2D eigenvalue weighted by Gasteiger charge is 2.23. The molecule has 5 nitrogen and oxygen atoms in total. The molecule has 1 saturated heterocycles. The van der Waals surface area contributed by atoms with Crippen LogP contribution in [0.3, 0.4) is 0 Å². The monoisotopic (exact) mass is 208 g/mol. The van der Waals surface area contributed by atoms with Crippen LogP contribution in [0.1, 0.15) is 29.8 Å². The van der Waals surface area contributed by atoms with E-state index in [1.165, 1.54) is 4.68 Å². The summed E-state index contributed by atoms with van der Waals surface area (Å²) in [7, 11) is 0. The standard InChI is InChI=1S/C10H16N4O/c1-7-6-9(11)14(13-7)10(15)8-4-2-3-5-12-8/h6,8,12H,2-5,11H2,1H3. The summed E-state index contributed by atoms with van der Waals surface area (Å²) in [5.41, 5.74) is 6.48. The molecule has 0 spiro atoms. The lowest BCUT2D eigenvalue weighted by Crippen LogP contribution is -2.43. The van der Waals surface area contributed by atoms with Gasteiger partial charge < -0.3 is 11.1 Å². The molecule has 0 amide bonds. The molecule has 1 fully saturated rings. The van der Waals surface area contributed by atoms with E-state index in [9.17, 15) is 4.79 Å². The number of aromatic nitrogens is 2. The van der Waals surface area contributed by atoms with Crippen LogP contribution < -0.4 is 11.1 Å². The Morgan fingerprint density at radius 3 is 3.00 bits per heavy atom. The van der Waals surface area contributed by atoms with E-state index < -0.39 is 0 Å². The van der Waals surface area contributed by atoms with Crippen molar-refractivity contribution in [2.75, 3.05) is 12.3 Å². The van der Waals surface area contributed by atoms with Gasteiger partial charge in [-0.05, 0) is 26.3 Å². The summed E-state index contributed by atoms with van der Waals surface area (Å²) in [6.45, 7) is 2.73. The van der Waals surface area contributed by atoms with Crippen LogP contribution in [-0.4, -0.2) is 28.3 Å². The van der Waals surface area contributed by atoms with Gasteiger partial charge in [-0.2, -0.15) is 9.78 Å². The molecule has 5 heteroatoms. The van der Waals surface area contributed by atoms with Gasteiger partial charge in [0, 0.05) is 6.07 Å². The first-order chi connectivity index (χ1) is 7.18. The van der Waals surface area contributed by atoms with E-state index in [1.807, 2.05) is 6.92 Å². The van der Waals surface area contributed by atoms with Gasteiger partial charge in [0.2, 0.25) is 0 Å². The third-order valence-corrected chi connectivity index (χ3v) is 2.68. The maximum atomic E-state index is 12.0. The van der Waals surface area contributed by atoms with Crippen molar-refractivity contribution >= 4 is 11.7 Å². The first-order valence-electron chi connectivity index (χ1n) is 5.28. The second-order valence-corrected chi connectivity index (χ2v) is 3.96. The summed E-state index contributed by atoms with van der Waals surface area (Å²) >= 11 is 0. The van der Waals surface area contributed by atoms with Crippen LogP contribution in [0.4, 0.5) is 5.82 Å². The molecule has 1 aliphatic rings. The van der Waals surface area contributed by atoms with Crippen molar-refractivity contribution < 1.29 is 4.79 Å². The van der Waals surface area contributed by atoms with Crippen LogP contribution in [0.15, 0.2) is 6.07 Å². The van der Waals surface area contributed by atoms with Gasteiger partial charge in [0.05, 0.1) is 11.7 Å². The molecule has 1 aromatic heterocycles. The summed E-state index contributed by atoms with van der Waals surface area (Å²) in [5, 5.41) is 7.28. The zero-order chi connectivity index (χ0) is 10.8. The number of anilines is 1. The minimum Gasteiger partial charge on any atom is -0.383 e. The largest absolute Gasteiger partial charge is 0.383 e. The highest BCUT2D eigenvalue weighted by atomic mass is 16.2. The van der Waals surface area contributed by atoms with Crippen LogP contribution in [0.25, 0.3) is 0 Å². The first-order valence-corrected chi connectivity index (χ1v) is 5.28. The number of carbonyl (C=O) groups excluding carboxylic acids is 1. The Kier molecular flexibility index (Phi) is 2.73. The van der Waals surface area contributed by atoms with Crippen LogP contribution in [0, 0.1) is 6.92 Å². The number of nitrogen functional groups attached to an aromatic ring is 1. The van der Waals surface area contributed by atoms with E-state index in [2.05, 4.69) is 10.4 Å². The molecule has 2 heterocycles. The van der Waals surface area contributed by atoms with Gasteiger partial charge in [-0.3, -0.25) is 4.79 Å². The van der Waals surface area contributed by atoms with Crippen molar-refractivity contribution in [3.05, 3.63) is 11.8 Å². The smallest absolute Gasteiger partial charge is 0.265 e. The average Bonchev–Trinajstić information content (AvgIpc) is 2.58. The molecule has 0 radical (unpaired) electrons. The van der Waals surface area contributed by atoms with Crippen molar-refractivity contribution in [1.29, 1.82) is 0 Å². The third kappa shape index (κ3) is 2.02. The van der Waals surface area contributed by atoms with E-state index in [4.69, 9.17) is 5.73 Å². The molecule has 15 heavy (non-hydrogen) atoms. The summed E-state index contributed by atoms with van der Waals surface area (Å²) in [6, 6.07) is 1.58. The maximum absolute atomic E-state index is 12.0. The lowest BCUT2D eigenvalue weighted by Gasteiger charge is -2.21. The molecular weight excluding hydrogens is 192 g/mol. The number of hydrogen-bond donors (Lipinski definition) is 2. The molecule has 0 aromatic carbocycles. The van der Waals surface area contributed by atoms with E-state index in [-0.39, 0.29) is 11.9 Å². The molecule has 82 valence electrons. The molecule has 0 aliphatic carbocycles. The minimum absolute atomic E-state index is 0.0414. The van der Waals surface area contributed by atoms with E-state index in [0.29, 0.717) is 5.82 Å². The fourth-order valence-electron chi connectivity index (χ4n) is 1.91. The number of nitrogens with zero attached hydrogens (tertiary/aromatic N) is 2. The molecule has 1 aromatic rings. The Labute approximate surface area is 88.6 Å². The van der Waals surface area contributed by atoms with Crippen molar-refractivity contribution in [2.24, 2.45) is 0 Å². The molecule has 1 unspecified atom stereocenters. The van der Waals surface area contributed by atoms with Gasteiger partial charge >= 0.3 is 0 Å². The van der Waals surface area contributed by atoms with E-state index in [0.717, 1.165) is 31.5 Å². The lowest BCUT2D eigenvalue weighted by molar-refractivity contribution is 0.0829. The molecular formula is C10H16N4O. The number of piperidine rings is 1. The quantitative estimate of drug-likeness (QED) is 0.707. The molecule has 3 N–H and O–H groups in total. The van der Waals surface area contributed by atoms with Crippen molar-refractivity contribution in [1.82, 2.24) is 15.1 Å². The van der Waals surface area contributed by atoms with Crippen molar-refractivity contribution in [3.8, 4) is 0 Å². The molecule has 0 bridgehead atoms. The summed E-state index contributed by atoms with van der Waals surface area (Å²) in [5.74, 6) is 0.380. The predicted octanol–water partition coefficient (Wildman–Crippen LogP) is 0.556. The summed E-state index contributed by atoms with van der Waals surface area (Å²) < 4.78 is 1.30. The first kappa shape index (κ1) is 10.2. The molecule has 1 aliphatic heterocycles. The molecule has 1 atom stereocenters. The number of nitrogens with two attached hydrogens (primary N) is 1. The Morgan fingerprint density at radius 1 is 1.67 bits per heavy atom. The van der Waals surface area contributed by atoms with E-state index >= 15 is 0 Å². The van der Waals surface area contributed by atoms with Gasteiger partial charge in [-0.25, -0.2) is 0 Å². The lowest BCUT2D eigenvalue weighted by atomic mass is 10.0. The van der Waals surface area contributed by atoms with Crippen LogP contribution in [0.2, 0.25) is 0 Å². The Bertz CT molecular complexity index is 365. The van der Waals surface area contributed by atoms with Gasteiger partial charge in [0.25, 0.3) is 5.91 Å². The van der Waals surface area contributed by atoms with Crippen LogP contribution >= 0.6 is 0 Å². The molecule has 0 saturated carbocycles. The zero-order valence-electron chi connectivity index (χ0n) is 8.86. The van der Waals surface area contributed by atoms with Gasteiger partial charge in [-0.1, -0.05) is 6.42 Å². The number of aryl methyl sites for hydroxylation is 1. The van der Waals surface area contributed by atoms with Crippen LogP contribution in [0.5, 0.6) is 0 Å². The van der Waals surface area contributed by atoms with Crippen LogP contribution in [-0.2, 0) is 0 Å². The number of hydrogen-bond acceptors (Lipinski definition) is 4. The third-order valence-electron chi connectivity index (χ3n) is 2.68. The highest BCUT2D eigenvalue weighted by Crippen LogP contribution is 2.12. The SMILES string of the molecule is Cc1cc(N)n(C(=O)C2CCCCN2)n1. The predicted molar refractivity (Wildman–Crippen MR) is 57.6 cm³/mol. The summed E-state index contributed by atoms with van der Waals surface area (Å²) in [6.07, 6.45) is 3.10. The summed E-state index contributed by atoms with van der Waals surface area (Å²) in [4.78, 5) is 12.0. The number of rotatable bonds is 1. The van der Waals surface area contributed by atoms with Gasteiger partial charge in [0.1, 0.15) is 5.82 Å². The topological polar surface area (TPSA) is 72.9 Å². The van der Waals surface area contributed by atoms with Gasteiger partial charge in [-0.15, -0.1) is 0 Å². The molecule has 2 rings (SSSR count).